The van der Waals surface area contributed by atoms with Gasteiger partial charge in [0.25, 0.3) is 0 Å². The predicted molar refractivity (Wildman–Crippen MR) is 116 cm³/mol. The van der Waals surface area contributed by atoms with E-state index in [1.807, 2.05) is 29.0 Å². The molecule has 0 bridgehead atoms. The Hall–Kier alpha value is -3.52. The van der Waals surface area contributed by atoms with Crippen LogP contribution in [0.3, 0.4) is 0 Å². The predicted octanol–water partition coefficient (Wildman–Crippen LogP) is 3.04. The lowest BCUT2D eigenvalue weighted by molar-refractivity contribution is -0.137. The lowest BCUT2D eigenvalue weighted by atomic mass is 9.97. The second-order valence-electron chi connectivity index (χ2n) is 7.65. The van der Waals surface area contributed by atoms with Crippen LogP contribution in [0.25, 0.3) is 6.08 Å². The molecule has 0 aliphatic carbocycles. The number of nitrogens with one attached hydrogen (secondary N) is 1. The highest BCUT2D eigenvalue weighted by molar-refractivity contribution is 5.68. The lowest BCUT2D eigenvalue weighted by Crippen LogP contribution is -2.14. The summed E-state index contributed by atoms with van der Waals surface area (Å²) >= 11 is 0. The van der Waals surface area contributed by atoms with Crippen molar-refractivity contribution in [3.05, 3.63) is 77.8 Å². The van der Waals surface area contributed by atoms with Crippen molar-refractivity contribution in [3.8, 4) is 0 Å². The first kappa shape index (κ1) is 20.7. The quantitative estimate of drug-likeness (QED) is 0.514. The number of rotatable bonds is 8. The molecule has 1 aliphatic heterocycles. The van der Waals surface area contributed by atoms with Gasteiger partial charge in [-0.05, 0) is 48.3 Å². The molecule has 0 radical (unpaired) electrons. The molecule has 4 rings (SSSR count). The molecule has 0 aromatic carbocycles. The van der Waals surface area contributed by atoms with Gasteiger partial charge in [-0.3, -0.25) is 9.78 Å². The van der Waals surface area contributed by atoms with E-state index in [-0.39, 0.29) is 12.3 Å². The smallest absolute Gasteiger partial charge is 0.304 e. The molecule has 0 saturated heterocycles. The van der Waals surface area contributed by atoms with Crippen LogP contribution in [-0.2, 0) is 17.8 Å². The van der Waals surface area contributed by atoms with Gasteiger partial charge in [0.2, 0.25) is 0 Å². The van der Waals surface area contributed by atoms with Gasteiger partial charge in [0.1, 0.15) is 11.9 Å². The Morgan fingerprint density at radius 3 is 3.03 bits per heavy atom. The number of aliphatic hydroxyl groups is 1. The maximum atomic E-state index is 11.3. The number of aliphatic carboxylic acids is 1. The molecule has 160 valence electrons. The molecule has 2 unspecified atom stereocenters. The number of carbonyl (C=O) groups is 1. The Bertz CT molecular complexity index is 1060. The van der Waals surface area contributed by atoms with Crippen molar-refractivity contribution in [3.63, 3.8) is 0 Å². The van der Waals surface area contributed by atoms with Crippen molar-refractivity contribution in [2.75, 3.05) is 11.9 Å². The van der Waals surface area contributed by atoms with Crippen molar-refractivity contribution in [1.82, 2.24) is 19.5 Å². The van der Waals surface area contributed by atoms with Gasteiger partial charge in [-0.15, -0.1) is 0 Å². The molecule has 8 nitrogen and oxygen atoms in total. The summed E-state index contributed by atoms with van der Waals surface area (Å²) in [4.78, 5) is 24.3. The Kier molecular flexibility index (Phi) is 6.37. The number of imidazole rings is 1. The molecule has 0 saturated carbocycles. The zero-order valence-corrected chi connectivity index (χ0v) is 17.1. The van der Waals surface area contributed by atoms with Crippen LogP contribution >= 0.6 is 0 Å². The largest absolute Gasteiger partial charge is 0.481 e. The van der Waals surface area contributed by atoms with Gasteiger partial charge in [0.05, 0.1) is 24.1 Å². The van der Waals surface area contributed by atoms with Crippen LogP contribution in [0, 0.1) is 0 Å². The second-order valence-corrected chi connectivity index (χ2v) is 7.65. The van der Waals surface area contributed by atoms with E-state index >= 15 is 0 Å². The van der Waals surface area contributed by atoms with Crippen molar-refractivity contribution >= 4 is 17.9 Å². The van der Waals surface area contributed by atoms with E-state index in [1.165, 1.54) is 5.56 Å². The molecule has 8 heteroatoms. The number of aromatic nitrogens is 4. The van der Waals surface area contributed by atoms with Crippen molar-refractivity contribution in [2.45, 2.75) is 37.8 Å². The number of nitrogens with zero attached hydrogens (tertiary/aromatic N) is 4. The van der Waals surface area contributed by atoms with Crippen LogP contribution in [0.4, 0.5) is 5.82 Å². The zero-order chi connectivity index (χ0) is 21.6. The number of hydrogen-bond donors (Lipinski definition) is 3. The third-order valence-electron chi connectivity index (χ3n) is 5.33. The van der Waals surface area contributed by atoms with Crippen molar-refractivity contribution in [1.29, 1.82) is 0 Å². The monoisotopic (exact) mass is 419 g/mol. The first-order valence-corrected chi connectivity index (χ1v) is 10.3. The van der Waals surface area contributed by atoms with Crippen molar-refractivity contribution < 1.29 is 15.0 Å². The highest BCUT2D eigenvalue weighted by atomic mass is 16.4. The van der Waals surface area contributed by atoms with Gasteiger partial charge in [0, 0.05) is 37.6 Å². The zero-order valence-electron chi connectivity index (χ0n) is 17.1. The molecule has 0 amide bonds. The number of carboxylic acid groups (broad SMARTS) is 1. The minimum absolute atomic E-state index is 0.00575. The summed E-state index contributed by atoms with van der Waals surface area (Å²) in [5.74, 6) is -0.223. The minimum atomic E-state index is -0.857. The first-order chi connectivity index (χ1) is 15.1. The standard InChI is InChI=1S/C23H25N5O3/c29-21(20-7-5-16-3-2-10-25-23(16)27-20)8-6-19-14-28(15-26-19)13-18(11-22(30)31)17-4-1-9-24-12-17/h1,4-9,12,14-15,18,21,29H,2-3,10-11,13H2,(H,25,27)(H,30,31). The summed E-state index contributed by atoms with van der Waals surface area (Å²) < 4.78 is 1.85. The highest BCUT2D eigenvalue weighted by Gasteiger charge is 2.17. The summed E-state index contributed by atoms with van der Waals surface area (Å²) in [6.45, 7) is 1.37. The fourth-order valence-electron chi connectivity index (χ4n) is 3.73. The fraction of sp³-hybridized carbons (Fsp3) is 0.304. The van der Waals surface area contributed by atoms with E-state index in [4.69, 9.17) is 0 Å². The number of carboxylic acids is 1. The van der Waals surface area contributed by atoms with Crippen molar-refractivity contribution in [2.24, 2.45) is 0 Å². The SMILES string of the molecule is O=C(O)CC(Cn1cnc(C=CC(O)c2ccc3c(n2)NCCC3)c1)c1cccnc1. The van der Waals surface area contributed by atoms with Gasteiger partial charge in [-0.25, -0.2) is 9.97 Å². The van der Waals surface area contributed by atoms with Gasteiger partial charge in [0.15, 0.2) is 0 Å². The average Bonchev–Trinajstić information content (AvgIpc) is 3.24. The Labute approximate surface area is 180 Å². The molecule has 3 aromatic heterocycles. The molecule has 1 aliphatic rings. The third kappa shape index (κ3) is 5.35. The van der Waals surface area contributed by atoms with Crippen LogP contribution in [-0.4, -0.2) is 42.2 Å². The first-order valence-electron chi connectivity index (χ1n) is 10.3. The highest BCUT2D eigenvalue weighted by Crippen LogP contribution is 2.24. The normalized spacial score (nSPS) is 15.3. The molecular formula is C23H25N5O3. The van der Waals surface area contributed by atoms with Crippen LogP contribution in [0.2, 0.25) is 0 Å². The summed E-state index contributed by atoms with van der Waals surface area (Å²) in [5.41, 5.74) is 3.31. The van der Waals surface area contributed by atoms with Gasteiger partial charge < -0.3 is 20.1 Å². The summed E-state index contributed by atoms with van der Waals surface area (Å²) in [7, 11) is 0. The fourth-order valence-corrected chi connectivity index (χ4v) is 3.73. The Morgan fingerprint density at radius 2 is 2.23 bits per heavy atom. The molecule has 3 N–H and O–H groups in total. The van der Waals surface area contributed by atoms with E-state index < -0.39 is 12.1 Å². The molecule has 0 spiro atoms. The van der Waals surface area contributed by atoms with E-state index in [1.54, 1.807) is 36.9 Å². The molecule has 3 aromatic rings. The van der Waals surface area contributed by atoms with E-state index in [9.17, 15) is 15.0 Å². The number of fused-ring (bicyclic) bond motifs is 1. The maximum absolute atomic E-state index is 11.3. The lowest BCUT2D eigenvalue weighted by Gasteiger charge is -2.18. The Morgan fingerprint density at radius 1 is 1.32 bits per heavy atom. The van der Waals surface area contributed by atoms with Crippen LogP contribution in [0.1, 0.15) is 47.4 Å². The summed E-state index contributed by atoms with van der Waals surface area (Å²) in [6, 6.07) is 7.55. The van der Waals surface area contributed by atoms with Gasteiger partial charge >= 0.3 is 5.97 Å². The van der Waals surface area contributed by atoms with E-state index in [0.29, 0.717) is 17.9 Å². The number of aliphatic hydroxyl groups excluding tert-OH is 1. The third-order valence-corrected chi connectivity index (χ3v) is 5.33. The number of hydrogen-bond acceptors (Lipinski definition) is 6. The number of anilines is 1. The van der Waals surface area contributed by atoms with Gasteiger partial charge in [-0.1, -0.05) is 12.1 Å². The summed E-state index contributed by atoms with van der Waals surface area (Å²) in [6.07, 6.45) is 11.5. The summed E-state index contributed by atoms with van der Waals surface area (Å²) in [5, 5.41) is 23.0. The molecule has 0 fully saturated rings. The molecule has 31 heavy (non-hydrogen) atoms. The Balaban J connectivity index is 1.43. The van der Waals surface area contributed by atoms with Crippen LogP contribution in [0.15, 0.2) is 55.3 Å². The number of aryl methyl sites for hydroxylation is 1. The van der Waals surface area contributed by atoms with E-state index in [0.717, 1.165) is 30.8 Å². The maximum Gasteiger partial charge on any atom is 0.304 e. The van der Waals surface area contributed by atoms with Crippen LogP contribution < -0.4 is 5.32 Å². The molecule has 2 atom stereocenters. The van der Waals surface area contributed by atoms with E-state index in [2.05, 4.69) is 20.3 Å². The topological polar surface area (TPSA) is 113 Å². The number of pyridine rings is 2. The van der Waals surface area contributed by atoms with Gasteiger partial charge in [-0.2, -0.15) is 0 Å². The molecule has 4 heterocycles. The average molecular weight is 419 g/mol. The van der Waals surface area contributed by atoms with Crippen LogP contribution in [0.5, 0.6) is 0 Å². The molecular weight excluding hydrogens is 394 g/mol. The second kappa shape index (κ2) is 9.53. The minimum Gasteiger partial charge on any atom is -0.481 e.